The first-order valence-corrected chi connectivity index (χ1v) is 28.0. The van der Waals surface area contributed by atoms with Gasteiger partial charge in [0, 0.05) is 55.9 Å². The molecule has 2 fully saturated rings. The molecule has 0 bridgehead atoms. The molecule has 4 heteroatoms. The van der Waals surface area contributed by atoms with Crippen molar-refractivity contribution in [2.45, 2.75) is 199 Å². The predicted octanol–water partition coefficient (Wildman–Crippen LogP) is 17.0. The van der Waals surface area contributed by atoms with Gasteiger partial charge < -0.3 is 14.7 Å². The van der Waals surface area contributed by atoms with Crippen molar-refractivity contribution in [2.75, 3.05) is 14.7 Å². The summed E-state index contributed by atoms with van der Waals surface area (Å²) in [6.45, 7) is 35.9. The maximum Gasteiger partial charge on any atom is 0.252 e. The SMILES string of the molecule is [2H]c1c([2H])c([2H])c2c(c1[2H])N(c1cc3c4c(c1)N1c5c(cc(C(C)(C)C)cc5C5(C)CCCCC15C)B4C1=C(N3c3ccc(C(C)(C)C)cc3-c3ccccc3)C(C)(C)c3ccc(C(C)(C)C)cc31)C1(C)CCCCC21C. The number of hydrogen-bond donors (Lipinski definition) is 0. The number of nitrogens with zero attached hydrogens (tertiary/aromatic N) is 3. The van der Waals surface area contributed by atoms with Gasteiger partial charge in [-0.05, 0) is 147 Å². The Kier molecular flexibility index (Phi) is 8.73. The number of rotatable bonds is 3. The normalized spacial score (nSPS) is 27.1. The van der Waals surface area contributed by atoms with Crippen LogP contribution in [0.2, 0.25) is 0 Å². The van der Waals surface area contributed by atoms with Crippen molar-refractivity contribution in [3.8, 4) is 11.1 Å². The molecular formula is C69H80BN3. The average molecular weight is 966 g/mol. The second-order valence-electron chi connectivity index (χ2n) is 28.1. The van der Waals surface area contributed by atoms with Crippen LogP contribution in [0.15, 0.2) is 121 Å². The van der Waals surface area contributed by atoms with Crippen LogP contribution < -0.4 is 25.6 Å². The van der Waals surface area contributed by atoms with E-state index in [1.54, 1.807) is 0 Å². The van der Waals surface area contributed by atoms with Gasteiger partial charge in [-0.15, -0.1) is 0 Å². The van der Waals surface area contributed by atoms with E-state index in [2.05, 4.69) is 210 Å². The molecule has 4 aliphatic heterocycles. The molecule has 13 rings (SSSR count). The Morgan fingerprint density at radius 3 is 1.74 bits per heavy atom. The van der Waals surface area contributed by atoms with Gasteiger partial charge in [0.1, 0.15) is 0 Å². The molecule has 6 aromatic rings. The van der Waals surface area contributed by atoms with Gasteiger partial charge in [0.05, 0.1) is 22.2 Å². The molecule has 4 atom stereocenters. The first-order chi connectivity index (χ1) is 36.0. The molecule has 6 aromatic carbocycles. The van der Waals surface area contributed by atoms with Crippen molar-refractivity contribution in [2.24, 2.45) is 0 Å². The van der Waals surface area contributed by atoms with Crippen molar-refractivity contribution in [1.29, 1.82) is 0 Å². The number of benzene rings is 6. The fraction of sp³-hybridized carbons (Fsp3) is 0.449. The zero-order valence-corrected chi connectivity index (χ0v) is 46.7. The van der Waals surface area contributed by atoms with Crippen LogP contribution in [0.1, 0.15) is 200 Å². The largest absolute Gasteiger partial charge is 0.335 e. The Hall–Kier alpha value is -5.48. The summed E-state index contributed by atoms with van der Waals surface area (Å²) in [5, 5.41) is 0. The topological polar surface area (TPSA) is 9.72 Å². The first kappa shape index (κ1) is 42.8. The molecule has 4 heterocycles. The van der Waals surface area contributed by atoms with Crippen LogP contribution in [0.5, 0.6) is 0 Å². The number of fused-ring (bicyclic) bond motifs is 11. The Bertz CT molecular complexity index is 3610. The molecule has 3 nitrogen and oxygen atoms in total. The lowest BCUT2D eigenvalue weighted by molar-refractivity contribution is 0.194. The van der Waals surface area contributed by atoms with Crippen molar-refractivity contribution in [3.05, 3.63) is 160 Å². The van der Waals surface area contributed by atoms with Gasteiger partial charge in [0.15, 0.2) is 0 Å². The van der Waals surface area contributed by atoms with E-state index in [0.29, 0.717) is 5.69 Å². The van der Waals surface area contributed by atoms with Gasteiger partial charge in [-0.1, -0.05) is 201 Å². The van der Waals surface area contributed by atoms with Crippen LogP contribution in [0.4, 0.5) is 34.1 Å². The van der Waals surface area contributed by atoms with Gasteiger partial charge in [-0.2, -0.15) is 0 Å². The molecule has 2 saturated carbocycles. The molecule has 0 radical (unpaired) electrons. The summed E-state index contributed by atoms with van der Waals surface area (Å²) in [5.74, 6) is 0. The standard InChI is InChI=1S/C69H80BN3/c1-62(2,3)44-29-31-50-49(38-44)58-61(65(50,10)11)71(54-32-30-45(63(4,5)6)37-48(54)43-25-17-16-18-26-43)56-41-47(72-55-28-20-19-27-51(55)66(12)33-21-23-35-68(66,72)14)42-57-59(56)70(58)53-40-46(64(7,8)9)39-52-60(53)73(57)69(15)36-24-22-34-67(52,69)13/h16-20,25-32,37-42H,21-24,33-36H2,1-15H3/i19D,20D,27D,28D. The molecule has 0 saturated heterocycles. The fourth-order valence-electron chi connectivity index (χ4n) is 16.0. The van der Waals surface area contributed by atoms with E-state index >= 15 is 0 Å². The Labute approximate surface area is 445 Å². The van der Waals surface area contributed by atoms with Gasteiger partial charge >= 0.3 is 0 Å². The maximum atomic E-state index is 9.97. The number of anilines is 6. The summed E-state index contributed by atoms with van der Waals surface area (Å²) in [5.41, 5.74) is 21.3. The maximum absolute atomic E-state index is 9.97. The zero-order valence-electron chi connectivity index (χ0n) is 50.7. The lowest BCUT2D eigenvalue weighted by Gasteiger charge is -2.54. The van der Waals surface area contributed by atoms with E-state index in [1.165, 1.54) is 84.4 Å². The molecule has 0 spiro atoms. The molecule has 4 unspecified atom stereocenters. The summed E-state index contributed by atoms with van der Waals surface area (Å²) >= 11 is 0. The van der Waals surface area contributed by atoms with E-state index in [-0.39, 0.29) is 58.1 Å². The number of allylic oxidation sites excluding steroid dienone is 1. The molecule has 374 valence electrons. The van der Waals surface area contributed by atoms with Crippen molar-refractivity contribution >= 4 is 57.2 Å². The number of para-hydroxylation sites is 1. The van der Waals surface area contributed by atoms with E-state index in [4.69, 9.17) is 1.37 Å². The second kappa shape index (κ2) is 14.9. The van der Waals surface area contributed by atoms with Crippen molar-refractivity contribution in [1.82, 2.24) is 0 Å². The summed E-state index contributed by atoms with van der Waals surface area (Å²) in [6.07, 6.45) is 8.31. The van der Waals surface area contributed by atoms with Crippen LogP contribution in [-0.2, 0) is 32.5 Å². The molecule has 73 heavy (non-hydrogen) atoms. The van der Waals surface area contributed by atoms with Crippen LogP contribution in [0, 0.1) is 0 Å². The minimum absolute atomic E-state index is 0.0606. The van der Waals surface area contributed by atoms with Crippen molar-refractivity contribution in [3.63, 3.8) is 0 Å². The quantitative estimate of drug-likeness (QED) is 0.164. The molecule has 0 N–H and O–H groups in total. The monoisotopic (exact) mass is 966 g/mol. The van der Waals surface area contributed by atoms with Crippen LogP contribution in [0.3, 0.4) is 0 Å². The average Bonchev–Trinajstić information content (AvgIpc) is 3.45. The van der Waals surface area contributed by atoms with E-state index in [9.17, 15) is 4.11 Å². The zero-order chi connectivity index (χ0) is 54.9. The molecule has 0 amide bonds. The van der Waals surface area contributed by atoms with Gasteiger partial charge in [-0.3, -0.25) is 0 Å². The van der Waals surface area contributed by atoms with E-state index in [0.717, 1.165) is 67.6 Å². The lowest BCUT2D eigenvalue weighted by Crippen LogP contribution is -2.61. The van der Waals surface area contributed by atoms with Gasteiger partial charge in [0.2, 0.25) is 0 Å². The lowest BCUT2D eigenvalue weighted by atomic mass is 9.32. The third-order valence-electron chi connectivity index (χ3n) is 20.7. The van der Waals surface area contributed by atoms with Crippen LogP contribution in [-0.4, -0.2) is 17.8 Å². The van der Waals surface area contributed by atoms with Gasteiger partial charge in [0.25, 0.3) is 6.71 Å². The predicted molar refractivity (Wildman–Crippen MR) is 314 cm³/mol. The highest BCUT2D eigenvalue weighted by Gasteiger charge is 2.64. The molecule has 3 aliphatic carbocycles. The fourth-order valence-corrected chi connectivity index (χ4v) is 16.0. The van der Waals surface area contributed by atoms with Gasteiger partial charge in [-0.25, -0.2) is 0 Å². The van der Waals surface area contributed by atoms with Crippen molar-refractivity contribution < 1.29 is 5.48 Å². The third-order valence-corrected chi connectivity index (χ3v) is 20.7. The first-order valence-electron chi connectivity index (χ1n) is 30.0. The second-order valence-corrected chi connectivity index (χ2v) is 28.1. The van der Waals surface area contributed by atoms with Crippen LogP contribution >= 0.6 is 0 Å². The third kappa shape index (κ3) is 6.07. The van der Waals surface area contributed by atoms with E-state index < -0.39 is 16.4 Å². The smallest absolute Gasteiger partial charge is 0.252 e. The van der Waals surface area contributed by atoms with E-state index in [1.807, 2.05) is 0 Å². The molecule has 7 aliphatic rings. The minimum atomic E-state index is -0.535. The Balaban J connectivity index is 1.24. The summed E-state index contributed by atoms with van der Waals surface area (Å²) in [7, 11) is 0. The van der Waals surface area contributed by atoms with Crippen LogP contribution in [0.25, 0.3) is 16.6 Å². The molecular weight excluding hydrogens is 882 g/mol. The Morgan fingerprint density at radius 2 is 1.08 bits per heavy atom. The number of hydrogen-bond acceptors (Lipinski definition) is 3. The molecule has 0 aromatic heterocycles. The summed E-state index contributed by atoms with van der Waals surface area (Å²) in [6, 6.07) is 35.9. The highest BCUT2D eigenvalue weighted by Crippen LogP contribution is 2.67. The highest BCUT2D eigenvalue weighted by molar-refractivity contribution is 7.03. The summed E-state index contributed by atoms with van der Waals surface area (Å²) < 4.78 is 38.2. The highest BCUT2D eigenvalue weighted by atomic mass is 15.3. The minimum Gasteiger partial charge on any atom is -0.335 e. The Morgan fingerprint density at radius 1 is 0.507 bits per heavy atom. The summed E-state index contributed by atoms with van der Waals surface area (Å²) in [4.78, 5) is 8.03.